The molecule has 1 amide bonds. The first-order valence-corrected chi connectivity index (χ1v) is 9.82. The third kappa shape index (κ3) is 4.07. The molecule has 0 saturated carbocycles. The Morgan fingerprint density at radius 1 is 0.938 bits per heavy atom. The monoisotopic (exact) mass is 429 g/mol. The molecule has 0 fully saturated rings. The molecule has 3 aromatic rings. The zero-order valence-corrected chi connectivity index (χ0v) is 16.8. The van der Waals surface area contributed by atoms with Crippen molar-refractivity contribution >= 4 is 12.1 Å². The first-order valence-electron chi connectivity index (χ1n) is 9.82. The summed E-state index contributed by atoms with van der Waals surface area (Å²) in [6.07, 6.45) is -0.643. The van der Waals surface area contributed by atoms with Gasteiger partial charge in [0.1, 0.15) is 23.7 Å². The van der Waals surface area contributed by atoms with Crippen LogP contribution in [0.5, 0.6) is 11.5 Å². The van der Waals surface area contributed by atoms with Gasteiger partial charge in [-0.05, 0) is 34.4 Å². The number of phenolic OH excluding ortho intramolecular Hbond substituents is 2. The van der Waals surface area contributed by atoms with Crippen LogP contribution in [0.4, 0.5) is 4.79 Å². The number of carbonyl (C=O) groups is 2. The standard InChI is InChI=1S/C25H19NO6/c27-22-12-15(24(29)30)13-23(28)20(22)10-5-11-26-25(31)32-14-21-18-8-3-1-6-16(18)17-7-2-4-9-19(17)21/h1-4,6-9,12-13,21,27-28H,11,14H2,(H,26,31)(H,29,30). The molecule has 0 saturated heterocycles. The van der Waals surface area contributed by atoms with E-state index in [2.05, 4.69) is 29.3 Å². The van der Waals surface area contributed by atoms with Crippen molar-refractivity contribution < 1.29 is 29.6 Å². The van der Waals surface area contributed by atoms with Gasteiger partial charge < -0.3 is 25.4 Å². The van der Waals surface area contributed by atoms with Crippen LogP contribution in [-0.2, 0) is 4.74 Å². The van der Waals surface area contributed by atoms with E-state index in [-0.39, 0.29) is 30.2 Å². The number of nitrogens with one attached hydrogen (secondary N) is 1. The van der Waals surface area contributed by atoms with E-state index in [4.69, 9.17) is 9.84 Å². The summed E-state index contributed by atoms with van der Waals surface area (Å²) < 4.78 is 5.40. The Bertz CT molecular complexity index is 1200. The Morgan fingerprint density at radius 2 is 1.50 bits per heavy atom. The van der Waals surface area contributed by atoms with E-state index in [0.29, 0.717) is 0 Å². The predicted octanol–water partition coefficient (Wildman–Crippen LogP) is 3.69. The van der Waals surface area contributed by atoms with Gasteiger partial charge in [0.05, 0.1) is 12.1 Å². The largest absolute Gasteiger partial charge is 0.506 e. The molecular weight excluding hydrogens is 410 g/mol. The highest BCUT2D eigenvalue weighted by Gasteiger charge is 2.28. The molecule has 7 nitrogen and oxygen atoms in total. The number of ether oxygens (including phenoxy) is 1. The number of fused-ring (bicyclic) bond motifs is 3. The first kappa shape index (κ1) is 20.8. The number of carboxylic acid groups (broad SMARTS) is 1. The third-order valence-corrected chi connectivity index (χ3v) is 5.22. The summed E-state index contributed by atoms with van der Waals surface area (Å²) in [7, 11) is 0. The van der Waals surface area contributed by atoms with Gasteiger partial charge >= 0.3 is 12.1 Å². The van der Waals surface area contributed by atoms with Crippen LogP contribution in [0.1, 0.15) is 33.0 Å². The Labute approximate surface area is 183 Å². The first-order chi connectivity index (χ1) is 15.5. The van der Waals surface area contributed by atoms with E-state index < -0.39 is 23.6 Å². The minimum absolute atomic E-state index is 0.0547. The predicted molar refractivity (Wildman–Crippen MR) is 117 cm³/mol. The summed E-state index contributed by atoms with van der Waals surface area (Å²) in [6.45, 7) is 0.0851. The molecule has 32 heavy (non-hydrogen) atoms. The van der Waals surface area contributed by atoms with Crippen molar-refractivity contribution in [3.05, 3.63) is 82.9 Å². The van der Waals surface area contributed by atoms with Gasteiger partial charge in [-0.3, -0.25) is 0 Å². The lowest BCUT2D eigenvalue weighted by molar-refractivity contribution is 0.0695. The molecule has 7 heteroatoms. The number of alkyl carbamates (subject to hydrolysis) is 1. The maximum Gasteiger partial charge on any atom is 0.407 e. The van der Waals surface area contributed by atoms with Crippen LogP contribution in [0.3, 0.4) is 0 Å². The van der Waals surface area contributed by atoms with Crippen molar-refractivity contribution in [2.24, 2.45) is 0 Å². The van der Waals surface area contributed by atoms with Gasteiger partial charge in [-0.2, -0.15) is 0 Å². The van der Waals surface area contributed by atoms with E-state index in [9.17, 15) is 19.8 Å². The van der Waals surface area contributed by atoms with Crippen molar-refractivity contribution in [3.63, 3.8) is 0 Å². The van der Waals surface area contributed by atoms with Gasteiger partial charge in [0.15, 0.2) is 0 Å². The number of carbonyl (C=O) groups excluding carboxylic acids is 1. The van der Waals surface area contributed by atoms with Gasteiger partial charge in [-0.15, -0.1) is 0 Å². The third-order valence-electron chi connectivity index (χ3n) is 5.22. The lowest BCUT2D eigenvalue weighted by Crippen LogP contribution is -2.26. The number of rotatable bonds is 4. The lowest BCUT2D eigenvalue weighted by atomic mass is 9.98. The fraction of sp³-hybridized carbons (Fsp3) is 0.120. The van der Waals surface area contributed by atoms with Crippen LogP contribution < -0.4 is 5.32 Å². The minimum atomic E-state index is -1.29. The Balaban J connectivity index is 1.36. The number of hydrogen-bond acceptors (Lipinski definition) is 5. The molecule has 1 aliphatic carbocycles. The molecule has 0 spiro atoms. The molecule has 0 unspecified atom stereocenters. The molecule has 4 N–H and O–H groups in total. The number of hydrogen-bond donors (Lipinski definition) is 4. The molecule has 3 aromatic carbocycles. The van der Waals surface area contributed by atoms with Crippen LogP contribution in [-0.4, -0.2) is 40.5 Å². The van der Waals surface area contributed by atoms with E-state index in [1.165, 1.54) is 0 Å². The topological polar surface area (TPSA) is 116 Å². The minimum Gasteiger partial charge on any atom is -0.506 e. The summed E-state index contributed by atoms with van der Waals surface area (Å²) in [5.41, 5.74) is 4.11. The number of aromatic hydroxyl groups is 2. The van der Waals surface area contributed by atoms with Crippen molar-refractivity contribution in [2.75, 3.05) is 13.2 Å². The van der Waals surface area contributed by atoms with Crippen LogP contribution in [0.15, 0.2) is 60.7 Å². The van der Waals surface area contributed by atoms with Crippen LogP contribution in [0, 0.1) is 11.8 Å². The molecule has 160 valence electrons. The SMILES string of the molecule is O=C(NCC#Cc1c(O)cc(C(=O)O)cc1O)OCC1c2ccccc2-c2ccccc21. The molecule has 1 aliphatic rings. The second-order valence-corrected chi connectivity index (χ2v) is 7.18. The highest BCUT2D eigenvalue weighted by molar-refractivity contribution is 5.89. The molecular formula is C25H19NO6. The highest BCUT2D eigenvalue weighted by Crippen LogP contribution is 2.44. The summed E-state index contributed by atoms with van der Waals surface area (Å²) in [5.74, 6) is 2.84. The van der Waals surface area contributed by atoms with E-state index in [1.54, 1.807) is 0 Å². The zero-order chi connectivity index (χ0) is 22.7. The number of amides is 1. The number of phenols is 2. The van der Waals surface area contributed by atoms with E-state index in [1.807, 2.05) is 36.4 Å². The maximum atomic E-state index is 12.1. The van der Waals surface area contributed by atoms with Crippen molar-refractivity contribution in [1.29, 1.82) is 0 Å². The van der Waals surface area contributed by atoms with Gasteiger partial charge in [0.2, 0.25) is 0 Å². The molecule has 0 aliphatic heterocycles. The second kappa shape index (κ2) is 8.74. The average Bonchev–Trinajstić information content (AvgIpc) is 3.10. The number of carboxylic acids is 1. The summed E-state index contributed by atoms with van der Waals surface area (Å²) in [6, 6.07) is 18.0. The van der Waals surface area contributed by atoms with E-state index >= 15 is 0 Å². The van der Waals surface area contributed by atoms with E-state index in [0.717, 1.165) is 34.4 Å². The van der Waals surface area contributed by atoms with Gasteiger partial charge in [-0.1, -0.05) is 60.4 Å². The Morgan fingerprint density at radius 3 is 2.06 bits per heavy atom. The van der Waals surface area contributed by atoms with Gasteiger partial charge in [0, 0.05) is 5.92 Å². The fourth-order valence-electron chi connectivity index (χ4n) is 3.76. The van der Waals surface area contributed by atoms with Crippen LogP contribution >= 0.6 is 0 Å². The van der Waals surface area contributed by atoms with Crippen molar-refractivity contribution in [3.8, 4) is 34.5 Å². The van der Waals surface area contributed by atoms with Crippen molar-refractivity contribution in [2.45, 2.75) is 5.92 Å². The van der Waals surface area contributed by atoms with Crippen LogP contribution in [0.25, 0.3) is 11.1 Å². The van der Waals surface area contributed by atoms with Crippen molar-refractivity contribution in [1.82, 2.24) is 5.32 Å². The van der Waals surface area contributed by atoms with Gasteiger partial charge in [-0.25, -0.2) is 9.59 Å². The normalized spacial score (nSPS) is 11.6. The molecule has 0 atom stereocenters. The molecule has 0 heterocycles. The highest BCUT2D eigenvalue weighted by atomic mass is 16.5. The maximum absolute atomic E-state index is 12.1. The Hall–Kier alpha value is -4.44. The fourth-order valence-corrected chi connectivity index (χ4v) is 3.76. The summed E-state index contributed by atoms with van der Waals surface area (Å²) in [5, 5.41) is 31.1. The second-order valence-electron chi connectivity index (χ2n) is 7.18. The lowest BCUT2D eigenvalue weighted by Gasteiger charge is -2.14. The molecule has 0 bridgehead atoms. The quantitative estimate of drug-likeness (QED) is 0.470. The summed E-state index contributed by atoms with van der Waals surface area (Å²) >= 11 is 0. The average molecular weight is 429 g/mol. The summed E-state index contributed by atoms with van der Waals surface area (Å²) in [4.78, 5) is 23.0. The zero-order valence-electron chi connectivity index (χ0n) is 16.8. The smallest absolute Gasteiger partial charge is 0.407 e. The Kier molecular flexibility index (Phi) is 5.69. The van der Waals surface area contributed by atoms with Crippen LogP contribution in [0.2, 0.25) is 0 Å². The number of benzene rings is 3. The molecule has 0 aromatic heterocycles. The number of aromatic carboxylic acids is 1. The van der Waals surface area contributed by atoms with Gasteiger partial charge in [0.25, 0.3) is 0 Å². The molecule has 4 rings (SSSR count). The molecule has 0 radical (unpaired) electrons.